The molecule has 0 bridgehead atoms. The van der Waals surface area contributed by atoms with Crippen molar-refractivity contribution in [1.82, 2.24) is 5.32 Å². The van der Waals surface area contributed by atoms with Crippen LogP contribution in [0.25, 0.3) is 0 Å². The van der Waals surface area contributed by atoms with Crippen LogP contribution in [-0.2, 0) is 11.3 Å². The van der Waals surface area contributed by atoms with Crippen LogP contribution >= 0.6 is 0 Å². The van der Waals surface area contributed by atoms with Crippen molar-refractivity contribution < 1.29 is 14.3 Å². The largest absolute Gasteiger partial charge is 0.480 e. The molecule has 1 unspecified atom stereocenters. The van der Waals surface area contributed by atoms with Crippen molar-refractivity contribution in [2.75, 3.05) is 0 Å². The van der Waals surface area contributed by atoms with Crippen LogP contribution in [0.4, 0.5) is 4.39 Å². The van der Waals surface area contributed by atoms with Crippen LogP contribution < -0.4 is 5.32 Å². The quantitative estimate of drug-likeness (QED) is 0.826. The van der Waals surface area contributed by atoms with Crippen LogP contribution in [0.1, 0.15) is 31.4 Å². The minimum atomic E-state index is -0.922. The third-order valence-corrected chi connectivity index (χ3v) is 2.74. The Morgan fingerprint density at radius 1 is 1.53 bits per heavy atom. The van der Waals surface area contributed by atoms with Gasteiger partial charge in [0.05, 0.1) is 11.6 Å². The minimum absolute atomic E-state index is 0.223. The normalized spacial score (nSPS) is 12.2. The minimum Gasteiger partial charge on any atom is -0.480 e. The summed E-state index contributed by atoms with van der Waals surface area (Å²) in [6, 6.07) is 5.14. The molecule has 19 heavy (non-hydrogen) atoms. The number of aliphatic carboxylic acids is 1. The van der Waals surface area contributed by atoms with Gasteiger partial charge in [-0.3, -0.25) is 4.79 Å². The summed E-state index contributed by atoms with van der Waals surface area (Å²) in [5.41, 5.74) is 0.820. The third kappa shape index (κ3) is 4.68. The van der Waals surface area contributed by atoms with E-state index in [-0.39, 0.29) is 18.0 Å². The lowest BCUT2D eigenvalue weighted by Crippen LogP contribution is -2.37. The fourth-order valence-electron chi connectivity index (χ4n) is 1.78. The highest BCUT2D eigenvalue weighted by Gasteiger charge is 2.18. The first kappa shape index (κ1) is 15.1. The van der Waals surface area contributed by atoms with Gasteiger partial charge in [0.1, 0.15) is 11.9 Å². The van der Waals surface area contributed by atoms with Crippen molar-refractivity contribution in [2.24, 2.45) is 5.92 Å². The predicted octanol–water partition coefficient (Wildman–Crippen LogP) is 2.29. The Labute approximate surface area is 111 Å². The first-order valence-corrected chi connectivity index (χ1v) is 6.08. The van der Waals surface area contributed by atoms with Gasteiger partial charge < -0.3 is 10.4 Å². The van der Waals surface area contributed by atoms with E-state index in [4.69, 9.17) is 10.4 Å². The average molecular weight is 264 g/mol. The van der Waals surface area contributed by atoms with Crippen LogP contribution in [0.5, 0.6) is 0 Å². The van der Waals surface area contributed by atoms with E-state index in [9.17, 15) is 9.18 Å². The fourth-order valence-corrected chi connectivity index (χ4v) is 1.78. The summed E-state index contributed by atoms with van der Waals surface area (Å²) in [7, 11) is 0. The number of rotatable bonds is 6. The number of hydrogen-bond acceptors (Lipinski definition) is 3. The Bertz CT molecular complexity index is 495. The number of hydrogen-bond donors (Lipinski definition) is 2. The van der Waals surface area contributed by atoms with E-state index in [1.54, 1.807) is 0 Å². The van der Waals surface area contributed by atoms with Crippen molar-refractivity contribution >= 4 is 5.97 Å². The fraction of sp³-hybridized carbons (Fsp3) is 0.429. The molecule has 1 aromatic rings. The smallest absolute Gasteiger partial charge is 0.320 e. The number of nitrogens with one attached hydrogen (secondary N) is 1. The van der Waals surface area contributed by atoms with Gasteiger partial charge in [0.25, 0.3) is 0 Å². The number of nitriles is 1. The summed E-state index contributed by atoms with van der Waals surface area (Å²) in [6.07, 6.45) is 0.498. The molecule has 0 aliphatic carbocycles. The van der Waals surface area contributed by atoms with E-state index in [1.165, 1.54) is 12.1 Å². The zero-order chi connectivity index (χ0) is 14.4. The maximum atomic E-state index is 13.0. The van der Waals surface area contributed by atoms with Gasteiger partial charge in [-0.15, -0.1) is 0 Å². The Balaban J connectivity index is 2.74. The lowest BCUT2D eigenvalue weighted by atomic mass is 10.0. The molecule has 5 heteroatoms. The van der Waals surface area contributed by atoms with E-state index >= 15 is 0 Å². The summed E-state index contributed by atoms with van der Waals surface area (Å²) in [5, 5.41) is 20.9. The van der Waals surface area contributed by atoms with Crippen LogP contribution in [-0.4, -0.2) is 17.1 Å². The zero-order valence-electron chi connectivity index (χ0n) is 11.0. The molecule has 1 rings (SSSR count). The van der Waals surface area contributed by atoms with Crippen molar-refractivity contribution in [1.29, 1.82) is 5.26 Å². The van der Waals surface area contributed by atoms with Gasteiger partial charge in [-0.2, -0.15) is 5.26 Å². The molecule has 0 aliphatic rings. The molecule has 0 aromatic heterocycles. The third-order valence-electron chi connectivity index (χ3n) is 2.74. The molecular formula is C14H17FN2O2. The van der Waals surface area contributed by atoms with Gasteiger partial charge in [-0.25, -0.2) is 4.39 Å². The average Bonchev–Trinajstić information content (AvgIpc) is 2.34. The van der Waals surface area contributed by atoms with Gasteiger partial charge in [0.2, 0.25) is 0 Å². The lowest BCUT2D eigenvalue weighted by Gasteiger charge is -2.16. The SMILES string of the molecule is CC(C)CC(NCc1ccc(F)cc1C#N)C(=O)O. The zero-order valence-corrected chi connectivity index (χ0v) is 11.0. The molecule has 0 fully saturated rings. The molecule has 2 N–H and O–H groups in total. The number of carbonyl (C=O) groups is 1. The Morgan fingerprint density at radius 3 is 2.74 bits per heavy atom. The molecule has 0 aliphatic heterocycles. The molecule has 0 heterocycles. The molecule has 1 atom stereocenters. The van der Waals surface area contributed by atoms with Gasteiger partial charge in [-0.1, -0.05) is 19.9 Å². The molecule has 0 saturated heterocycles. The Morgan fingerprint density at radius 2 is 2.21 bits per heavy atom. The summed E-state index contributed by atoms with van der Waals surface area (Å²) in [4.78, 5) is 11.1. The van der Waals surface area contributed by atoms with E-state index < -0.39 is 17.8 Å². The standard InChI is InChI=1S/C14H17FN2O2/c1-9(2)5-13(14(18)19)17-8-10-3-4-12(15)6-11(10)7-16/h3-4,6,9,13,17H,5,8H2,1-2H3,(H,18,19). The highest BCUT2D eigenvalue weighted by Crippen LogP contribution is 2.12. The molecule has 0 radical (unpaired) electrons. The van der Waals surface area contributed by atoms with Crippen molar-refractivity contribution in [2.45, 2.75) is 32.9 Å². The Kier molecular flexibility index (Phi) is 5.46. The molecular weight excluding hydrogens is 247 g/mol. The van der Waals surface area contributed by atoms with Gasteiger partial charge in [0.15, 0.2) is 0 Å². The molecule has 0 amide bonds. The number of halogens is 1. The summed E-state index contributed by atoms with van der Waals surface area (Å²) < 4.78 is 13.0. The molecule has 1 aromatic carbocycles. The summed E-state index contributed by atoms with van der Waals surface area (Å²) >= 11 is 0. The van der Waals surface area contributed by atoms with Crippen LogP contribution in [0.15, 0.2) is 18.2 Å². The molecule has 102 valence electrons. The highest BCUT2D eigenvalue weighted by molar-refractivity contribution is 5.73. The molecule has 0 saturated carbocycles. The van der Waals surface area contributed by atoms with Crippen LogP contribution in [0.3, 0.4) is 0 Å². The summed E-state index contributed by atoms with van der Waals surface area (Å²) in [5.74, 6) is -1.15. The highest BCUT2D eigenvalue weighted by atomic mass is 19.1. The number of nitrogens with zero attached hydrogens (tertiary/aromatic N) is 1. The Hall–Kier alpha value is -1.93. The van der Waals surface area contributed by atoms with Crippen LogP contribution in [0, 0.1) is 23.1 Å². The van der Waals surface area contributed by atoms with Gasteiger partial charge in [-0.05, 0) is 30.0 Å². The number of benzene rings is 1. The molecule has 0 spiro atoms. The first-order chi connectivity index (χ1) is 8.93. The second-order valence-corrected chi connectivity index (χ2v) is 4.81. The van der Waals surface area contributed by atoms with Gasteiger partial charge in [0, 0.05) is 6.54 Å². The monoisotopic (exact) mass is 264 g/mol. The maximum absolute atomic E-state index is 13.0. The second-order valence-electron chi connectivity index (χ2n) is 4.81. The number of carboxylic acids is 1. The first-order valence-electron chi connectivity index (χ1n) is 6.08. The van der Waals surface area contributed by atoms with Crippen molar-refractivity contribution in [3.8, 4) is 6.07 Å². The van der Waals surface area contributed by atoms with Crippen LogP contribution in [0.2, 0.25) is 0 Å². The number of carboxylic acid groups (broad SMARTS) is 1. The molecule has 4 nitrogen and oxygen atoms in total. The van der Waals surface area contributed by atoms with Crippen molar-refractivity contribution in [3.63, 3.8) is 0 Å². The van der Waals surface area contributed by atoms with E-state index in [1.807, 2.05) is 19.9 Å². The second kappa shape index (κ2) is 6.86. The van der Waals surface area contributed by atoms with E-state index in [2.05, 4.69) is 5.32 Å². The summed E-state index contributed by atoms with van der Waals surface area (Å²) in [6.45, 7) is 4.11. The van der Waals surface area contributed by atoms with Crippen molar-refractivity contribution in [3.05, 3.63) is 35.1 Å². The van der Waals surface area contributed by atoms with E-state index in [0.29, 0.717) is 12.0 Å². The topological polar surface area (TPSA) is 73.1 Å². The van der Waals surface area contributed by atoms with Gasteiger partial charge >= 0.3 is 5.97 Å². The lowest BCUT2D eigenvalue weighted by molar-refractivity contribution is -0.140. The van der Waals surface area contributed by atoms with E-state index in [0.717, 1.165) is 6.07 Å². The maximum Gasteiger partial charge on any atom is 0.320 e. The predicted molar refractivity (Wildman–Crippen MR) is 68.8 cm³/mol.